The summed E-state index contributed by atoms with van der Waals surface area (Å²) < 4.78 is 32.8. The van der Waals surface area contributed by atoms with Gasteiger partial charge in [0.15, 0.2) is 0 Å². The zero-order valence-corrected chi connectivity index (χ0v) is 15.4. The molecule has 0 saturated heterocycles. The standard InChI is InChI=1S/C17H21ClN2O3S/c1-20(2)17(13-6-4-8-15(10-13)23-3)12-19-24(21,22)16-9-5-7-14(18)11-16/h4-11,17,19H,12H2,1-3H3/t17-/m1/s1. The zero-order chi connectivity index (χ0) is 17.7. The molecule has 0 aliphatic carbocycles. The van der Waals surface area contributed by atoms with Crippen molar-refractivity contribution >= 4 is 21.6 Å². The van der Waals surface area contributed by atoms with Crippen molar-refractivity contribution in [2.45, 2.75) is 10.9 Å². The van der Waals surface area contributed by atoms with E-state index in [1.165, 1.54) is 12.1 Å². The van der Waals surface area contributed by atoms with E-state index in [1.54, 1.807) is 19.2 Å². The molecule has 2 aromatic rings. The number of nitrogens with one attached hydrogen (secondary N) is 1. The number of likely N-dealkylation sites (N-methyl/N-ethyl adjacent to an activating group) is 1. The van der Waals surface area contributed by atoms with Crippen LogP contribution in [0, 0.1) is 0 Å². The zero-order valence-electron chi connectivity index (χ0n) is 13.9. The number of ether oxygens (including phenoxy) is 1. The lowest BCUT2D eigenvalue weighted by atomic mass is 10.1. The molecule has 2 aromatic carbocycles. The number of hydrogen-bond donors (Lipinski definition) is 1. The molecule has 0 aromatic heterocycles. The van der Waals surface area contributed by atoms with Crippen LogP contribution in [0.5, 0.6) is 5.75 Å². The quantitative estimate of drug-likeness (QED) is 0.816. The summed E-state index contributed by atoms with van der Waals surface area (Å²) in [6, 6.07) is 13.7. The third kappa shape index (κ3) is 4.70. The van der Waals surface area contributed by atoms with Crippen molar-refractivity contribution in [2.24, 2.45) is 0 Å². The number of rotatable bonds is 7. The van der Waals surface area contributed by atoms with Crippen molar-refractivity contribution in [3.05, 3.63) is 59.1 Å². The number of halogens is 1. The second kappa shape index (κ2) is 7.98. The Hall–Kier alpha value is -1.60. The van der Waals surface area contributed by atoms with Gasteiger partial charge in [0, 0.05) is 17.6 Å². The summed E-state index contributed by atoms with van der Waals surface area (Å²) >= 11 is 5.88. The van der Waals surface area contributed by atoms with Crippen molar-refractivity contribution in [1.29, 1.82) is 0 Å². The first-order valence-electron chi connectivity index (χ1n) is 7.39. The van der Waals surface area contributed by atoms with Gasteiger partial charge >= 0.3 is 0 Å². The fourth-order valence-corrected chi connectivity index (χ4v) is 3.69. The van der Waals surface area contributed by atoms with Gasteiger partial charge in [-0.05, 0) is 50.0 Å². The maximum absolute atomic E-state index is 12.5. The third-order valence-electron chi connectivity index (χ3n) is 3.68. The Morgan fingerprint density at radius 1 is 1.17 bits per heavy atom. The molecule has 0 fully saturated rings. The number of nitrogens with zero attached hydrogens (tertiary/aromatic N) is 1. The van der Waals surface area contributed by atoms with E-state index in [-0.39, 0.29) is 17.5 Å². The van der Waals surface area contributed by atoms with Crippen molar-refractivity contribution in [1.82, 2.24) is 9.62 Å². The van der Waals surface area contributed by atoms with E-state index in [0.717, 1.165) is 11.3 Å². The minimum atomic E-state index is -3.63. The van der Waals surface area contributed by atoms with Gasteiger partial charge in [0.05, 0.1) is 12.0 Å². The van der Waals surface area contributed by atoms with E-state index >= 15 is 0 Å². The summed E-state index contributed by atoms with van der Waals surface area (Å²) in [7, 11) is 1.78. The molecule has 2 rings (SSSR count). The van der Waals surface area contributed by atoms with Crippen LogP contribution in [0.3, 0.4) is 0 Å². The lowest BCUT2D eigenvalue weighted by Crippen LogP contribution is -2.34. The molecule has 0 bridgehead atoms. The van der Waals surface area contributed by atoms with Crippen molar-refractivity contribution in [3.63, 3.8) is 0 Å². The topological polar surface area (TPSA) is 58.6 Å². The first-order chi connectivity index (χ1) is 11.3. The van der Waals surface area contributed by atoms with Crippen LogP contribution in [0.2, 0.25) is 5.02 Å². The van der Waals surface area contributed by atoms with Crippen molar-refractivity contribution in [2.75, 3.05) is 27.7 Å². The van der Waals surface area contributed by atoms with Gasteiger partial charge in [0.25, 0.3) is 0 Å². The highest BCUT2D eigenvalue weighted by atomic mass is 35.5. The summed E-state index contributed by atoms with van der Waals surface area (Å²) in [4.78, 5) is 2.10. The Morgan fingerprint density at radius 3 is 2.50 bits per heavy atom. The Labute approximate surface area is 148 Å². The minimum Gasteiger partial charge on any atom is -0.497 e. The fraction of sp³-hybridized carbons (Fsp3) is 0.294. The highest BCUT2D eigenvalue weighted by Gasteiger charge is 2.20. The van der Waals surface area contributed by atoms with Crippen LogP contribution in [0.4, 0.5) is 0 Å². The molecule has 0 spiro atoms. The first kappa shape index (κ1) is 18.7. The normalized spacial score (nSPS) is 13.0. The molecule has 0 heterocycles. The molecule has 1 atom stereocenters. The molecule has 130 valence electrons. The van der Waals surface area contributed by atoms with Gasteiger partial charge in [-0.1, -0.05) is 29.8 Å². The maximum Gasteiger partial charge on any atom is 0.240 e. The lowest BCUT2D eigenvalue weighted by molar-refractivity contribution is 0.298. The van der Waals surface area contributed by atoms with Gasteiger partial charge in [0.2, 0.25) is 10.0 Å². The Morgan fingerprint density at radius 2 is 1.88 bits per heavy atom. The average Bonchev–Trinajstić information content (AvgIpc) is 2.55. The largest absolute Gasteiger partial charge is 0.497 e. The van der Waals surface area contributed by atoms with E-state index in [9.17, 15) is 8.42 Å². The van der Waals surface area contributed by atoms with Crippen LogP contribution in [0.25, 0.3) is 0 Å². The lowest BCUT2D eigenvalue weighted by Gasteiger charge is -2.25. The molecule has 7 heteroatoms. The Kier molecular flexibility index (Phi) is 6.23. The molecule has 0 radical (unpaired) electrons. The Bertz CT molecular complexity index is 794. The molecule has 0 amide bonds. The molecule has 0 unspecified atom stereocenters. The SMILES string of the molecule is COc1cccc([C@@H](CNS(=O)(=O)c2cccc(Cl)c2)N(C)C)c1. The fourth-order valence-electron chi connectivity index (χ4n) is 2.35. The molecule has 24 heavy (non-hydrogen) atoms. The summed E-state index contributed by atoms with van der Waals surface area (Å²) in [5.74, 6) is 0.733. The van der Waals surface area contributed by atoms with E-state index in [4.69, 9.17) is 16.3 Å². The van der Waals surface area contributed by atoms with E-state index in [2.05, 4.69) is 4.72 Å². The van der Waals surface area contributed by atoms with Crippen LogP contribution >= 0.6 is 11.6 Å². The second-order valence-corrected chi connectivity index (χ2v) is 7.77. The highest BCUT2D eigenvalue weighted by molar-refractivity contribution is 7.89. The summed E-state index contributed by atoms with van der Waals surface area (Å²) in [5, 5.41) is 0.384. The first-order valence-corrected chi connectivity index (χ1v) is 9.25. The van der Waals surface area contributed by atoms with Crippen molar-refractivity contribution in [3.8, 4) is 5.75 Å². The van der Waals surface area contributed by atoms with Gasteiger partial charge in [-0.25, -0.2) is 13.1 Å². The molecule has 1 N–H and O–H groups in total. The molecule has 5 nitrogen and oxygen atoms in total. The van der Waals surface area contributed by atoms with E-state index in [0.29, 0.717) is 5.02 Å². The summed E-state index contributed by atoms with van der Waals surface area (Å²) in [6.45, 7) is 0.231. The molecular weight excluding hydrogens is 348 g/mol. The predicted octanol–water partition coefficient (Wildman–Crippen LogP) is 2.93. The van der Waals surface area contributed by atoms with Gasteiger partial charge in [0.1, 0.15) is 5.75 Å². The van der Waals surface area contributed by atoms with Gasteiger partial charge in [-0.2, -0.15) is 0 Å². The molecular formula is C17H21ClN2O3S. The number of benzene rings is 2. The average molecular weight is 369 g/mol. The maximum atomic E-state index is 12.5. The van der Waals surface area contributed by atoms with Gasteiger partial charge < -0.3 is 9.64 Å². The van der Waals surface area contributed by atoms with Gasteiger partial charge in [-0.3, -0.25) is 0 Å². The second-order valence-electron chi connectivity index (χ2n) is 5.57. The van der Waals surface area contributed by atoms with Crippen LogP contribution in [-0.2, 0) is 10.0 Å². The molecule has 0 aliphatic rings. The number of sulfonamides is 1. The summed E-state index contributed by atoms with van der Waals surface area (Å²) in [5.41, 5.74) is 0.966. The minimum absolute atomic E-state index is 0.131. The Balaban J connectivity index is 2.19. The van der Waals surface area contributed by atoms with Crippen LogP contribution in [0.15, 0.2) is 53.4 Å². The smallest absolute Gasteiger partial charge is 0.240 e. The highest BCUT2D eigenvalue weighted by Crippen LogP contribution is 2.23. The molecule has 0 saturated carbocycles. The predicted molar refractivity (Wildman–Crippen MR) is 96.1 cm³/mol. The van der Waals surface area contributed by atoms with Crippen LogP contribution < -0.4 is 9.46 Å². The number of hydrogen-bond acceptors (Lipinski definition) is 4. The van der Waals surface area contributed by atoms with Crippen LogP contribution in [-0.4, -0.2) is 41.1 Å². The number of methoxy groups -OCH3 is 1. The van der Waals surface area contributed by atoms with Crippen LogP contribution in [0.1, 0.15) is 11.6 Å². The molecule has 0 aliphatic heterocycles. The monoisotopic (exact) mass is 368 g/mol. The van der Waals surface area contributed by atoms with E-state index < -0.39 is 10.0 Å². The van der Waals surface area contributed by atoms with Crippen molar-refractivity contribution < 1.29 is 13.2 Å². The van der Waals surface area contributed by atoms with Gasteiger partial charge in [-0.15, -0.1) is 0 Å². The summed E-state index contributed by atoms with van der Waals surface area (Å²) in [6.07, 6.45) is 0. The van der Waals surface area contributed by atoms with E-state index in [1.807, 2.05) is 43.3 Å². The third-order valence-corrected chi connectivity index (χ3v) is 5.33.